The molecule has 0 amide bonds. The zero-order chi connectivity index (χ0) is 15.1. The third kappa shape index (κ3) is 4.32. The van der Waals surface area contributed by atoms with Crippen LogP contribution >= 0.6 is 0 Å². The molecule has 6 heteroatoms. The fourth-order valence-corrected chi connectivity index (χ4v) is 1.86. The summed E-state index contributed by atoms with van der Waals surface area (Å²) in [6.45, 7) is 2.64. The van der Waals surface area contributed by atoms with Gasteiger partial charge in [0.1, 0.15) is 6.26 Å². The summed E-state index contributed by atoms with van der Waals surface area (Å²) in [6, 6.07) is 10.1. The smallest absolute Gasteiger partial charge is 0.360 e. The Morgan fingerprint density at radius 2 is 2.19 bits per heavy atom. The zero-order valence-electron chi connectivity index (χ0n) is 11.9. The molecule has 2 aromatic rings. The molecule has 3 N–H and O–H groups in total. The molecule has 2 rings (SSSR count). The number of carbonyl (C=O) groups is 1. The first-order chi connectivity index (χ1) is 10.2. The molecule has 1 aromatic heterocycles. The Morgan fingerprint density at radius 1 is 1.43 bits per heavy atom. The molecule has 0 bridgehead atoms. The number of aromatic nitrogens is 1. The summed E-state index contributed by atoms with van der Waals surface area (Å²) in [7, 11) is 0. The number of nitrogens with two attached hydrogens (primary N) is 1. The summed E-state index contributed by atoms with van der Waals surface area (Å²) >= 11 is 0. The first-order valence-corrected chi connectivity index (χ1v) is 6.87. The van der Waals surface area contributed by atoms with Crippen LogP contribution in [0.15, 0.2) is 41.0 Å². The van der Waals surface area contributed by atoms with Gasteiger partial charge in [0, 0.05) is 12.6 Å². The highest BCUT2D eigenvalue weighted by molar-refractivity contribution is 5.87. The van der Waals surface area contributed by atoms with E-state index in [1.807, 2.05) is 30.3 Å². The van der Waals surface area contributed by atoms with Gasteiger partial charge < -0.3 is 20.2 Å². The molecular formula is C15H19N3O3. The zero-order valence-corrected chi connectivity index (χ0v) is 11.9. The minimum absolute atomic E-state index is 0.0572. The second kappa shape index (κ2) is 7.44. The molecular weight excluding hydrogens is 270 g/mol. The molecule has 0 radical (unpaired) electrons. The van der Waals surface area contributed by atoms with Crippen molar-refractivity contribution in [2.75, 3.05) is 18.5 Å². The first-order valence-electron chi connectivity index (χ1n) is 6.87. The van der Waals surface area contributed by atoms with Crippen molar-refractivity contribution in [1.82, 2.24) is 4.98 Å². The third-order valence-electron chi connectivity index (χ3n) is 2.95. The Bertz CT molecular complexity index is 569. The summed E-state index contributed by atoms with van der Waals surface area (Å²) in [4.78, 5) is 15.4. The van der Waals surface area contributed by atoms with Crippen molar-refractivity contribution >= 4 is 12.0 Å². The standard InChI is InChI=1S/C15H19N3O3/c1-2-20-14(19)13-10-21-15(18-13)17-9-8-12(16)11-6-4-3-5-7-11/h3-7,10,12H,2,8-9,16H2,1H3,(H,17,18). The molecule has 1 heterocycles. The van der Waals surface area contributed by atoms with Gasteiger partial charge in [0.2, 0.25) is 0 Å². The maximum Gasteiger partial charge on any atom is 0.360 e. The van der Waals surface area contributed by atoms with Crippen LogP contribution in [0.2, 0.25) is 0 Å². The largest absolute Gasteiger partial charge is 0.461 e. The van der Waals surface area contributed by atoms with Gasteiger partial charge in [-0.1, -0.05) is 30.3 Å². The fraction of sp³-hybridized carbons (Fsp3) is 0.333. The Labute approximate surface area is 123 Å². The summed E-state index contributed by atoms with van der Waals surface area (Å²) in [5.74, 6) is -0.490. The molecule has 0 aliphatic carbocycles. The molecule has 1 atom stereocenters. The van der Waals surface area contributed by atoms with E-state index in [9.17, 15) is 4.79 Å². The lowest BCUT2D eigenvalue weighted by Gasteiger charge is -2.11. The minimum atomic E-state index is -0.490. The molecule has 1 unspecified atom stereocenters. The van der Waals surface area contributed by atoms with Gasteiger partial charge >= 0.3 is 5.97 Å². The van der Waals surface area contributed by atoms with Gasteiger partial charge in [-0.15, -0.1) is 0 Å². The monoisotopic (exact) mass is 289 g/mol. The highest BCUT2D eigenvalue weighted by atomic mass is 16.5. The summed E-state index contributed by atoms with van der Waals surface area (Å²) < 4.78 is 9.99. The number of oxazole rings is 1. The SMILES string of the molecule is CCOC(=O)c1coc(NCCC(N)c2ccccc2)n1. The molecule has 0 saturated heterocycles. The highest BCUT2D eigenvalue weighted by Gasteiger charge is 2.13. The van der Waals surface area contributed by atoms with Gasteiger partial charge in [-0.25, -0.2) is 4.79 Å². The van der Waals surface area contributed by atoms with E-state index in [0.29, 0.717) is 19.2 Å². The van der Waals surface area contributed by atoms with Crippen LogP contribution in [0.1, 0.15) is 35.4 Å². The maximum atomic E-state index is 11.4. The average molecular weight is 289 g/mol. The molecule has 0 aliphatic heterocycles. The molecule has 112 valence electrons. The highest BCUT2D eigenvalue weighted by Crippen LogP contribution is 2.14. The van der Waals surface area contributed by atoms with E-state index in [4.69, 9.17) is 14.9 Å². The number of ether oxygens (including phenoxy) is 1. The van der Waals surface area contributed by atoms with Gasteiger partial charge in [-0.2, -0.15) is 4.98 Å². The number of carbonyl (C=O) groups excluding carboxylic acids is 1. The summed E-state index contributed by atoms with van der Waals surface area (Å²) in [5.41, 5.74) is 7.33. The van der Waals surface area contributed by atoms with Crippen molar-refractivity contribution in [3.63, 3.8) is 0 Å². The van der Waals surface area contributed by atoms with Crippen LogP contribution in [0.3, 0.4) is 0 Å². The second-order valence-corrected chi connectivity index (χ2v) is 4.49. The van der Waals surface area contributed by atoms with Crippen molar-refractivity contribution in [2.24, 2.45) is 5.73 Å². The lowest BCUT2D eigenvalue weighted by molar-refractivity contribution is 0.0519. The van der Waals surface area contributed by atoms with Gasteiger partial charge in [-0.3, -0.25) is 0 Å². The van der Waals surface area contributed by atoms with Crippen molar-refractivity contribution < 1.29 is 13.9 Å². The molecule has 0 saturated carbocycles. The number of rotatable bonds is 7. The molecule has 0 spiro atoms. The molecule has 1 aromatic carbocycles. The van der Waals surface area contributed by atoms with E-state index < -0.39 is 5.97 Å². The van der Waals surface area contributed by atoms with Crippen molar-refractivity contribution in [3.05, 3.63) is 47.9 Å². The number of hydrogen-bond donors (Lipinski definition) is 2. The van der Waals surface area contributed by atoms with Gasteiger partial charge in [0.15, 0.2) is 5.69 Å². The second-order valence-electron chi connectivity index (χ2n) is 4.49. The predicted octanol–water partition coefficient (Wildman–Crippen LogP) is 2.35. The minimum Gasteiger partial charge on any atom is -0.461 e. The molecule has 6 nitrogen and oxygen atoms in total. The Hall–Kier alpha value is -2.34. The van der Waals surface area contributed by atoms with E-state index in [1.54, 1.807) is 6.92 Å². The lowest BCUT2D eigenvalue weighted by atomic mass is 10.1. The van der Waals surface area contributed by atoms with Gasteiger partial charge in [-0.05, 0) is 18.9 Å². The lowest BCUT2D eigenvalue weighted by Crippen LogP contribution is -2.15. The van der Waals surface area contributed by atoms with E-state index in [-0.39, 0.29) is 11.7 Å². The number of anilines is 1. The van der Waals surface area contributed by atoms with Crippen molar-refractivity contribution in [1.29, 1.82) is 0 Å². The van der Waals surface area contributed by atoms with Crippen molar-refractivity contribution in [2.45, 2.75) is 19.4 Å². The molecule has 0 aliphatic rings. The number of nitrogens with one attached hydrogen (secondary N) is 1. The molecule has 21 heavy (non-hydrogen) atoms. The molecule has 0 fully saturated rings. The topological polar surface area (TPSA) is 90.4 Å². The Morgan fingerprint density at radius 3 is 2.90 bits per heavy atom. The quantitative estimate of drug-likeness (QED) is 0.760. The van der Waals surface area contributed by atoms with Crippen LogP contribution in [-0.2, 0) is 4.74 Å². The number of esters is 1. The predicted molar refractivity (Wildman–Crippen MR) is 78.9 cm³/mol. The third-order valence-corrected chi connectivity index (χ3v) is 2.95. The van der Waals surface area contributed by atoms with Crippen LogP contribution in [0.5, 0.6) is 0 Å². The van der Waals surface area contributed by atoms with Crippen LogP contribution in [-0.4, -0.2) is 24.1 Å². The van der Waals surface area contributed by atoms with Crippen LogP contribution < -0.4 is 11.1 Å². The van der Waals surface area contributed by atoms with E-state index in [0.717, 1.165) is 12.0 Å². The van der Waals surface area contributed by atoms with E-state index in [1.165, 1.54) is 6.26 Å². The van der Waals surface area contributed by atoms with Crippen LogP contribution in [0, 0.1) is 0 Å². The van der Waals surface area contributed by atoms with E-state index >= 15 is 0 Å². The Kier molecular flexibility index (Phi) is 5.34. The number of nitrogens with zero attached hydrogens (tertiary/aromatic N) is 1. The van der Waals surface area contributed by atoms with Crippen LogP contribution in [0.4, 0.5) is 6.01 Å². The maximum absolute atomic E-state index is 11.4. The first kappa shape index (κ1) is 15.1. The van der Waals surface area contributed by atoms with Gasteiger partial charge in [0.05, 0.1) is 6.61 Å². The summed E-state index contributed by atoms with van der Waals surface area (Å²) in [6.07, 6.45) is 2.00. The average Bonchev–Trinajstić information content (AvgIpc) is 2.97. The number of hydrogen-bond acceptors (Lipinski definition) is 6. The summed E-state index contributed by atoms with van der Waals surface area (Å²) in [5, 5.41) is 3.00. The number of benzene rings is 1. The normalized spacial score (nSPS) is 11.9. The van der Waals surface area contributed by atoms with Crippen LogP contribution in [0.25, 0.3) is 0 Å². The van der Waals surface area contributed by atoms with Crippen molar-refractivity contribution in [3.8, 4) is 0 Å². The fourth-order valence-electron chi connectivity index (χ4n) is 1.86. The van der Waals surface area contributed by atoms with Gasteiger partial charge in [0.25, 0.3) is 6.01 Å². The Balaban J connectivity index is 1.80. The van der Waals surface area contributed by atoms with E-state index in [2.05, 4.69) is 10.3 Å².